The topological polar surface area (TPSA) is 46.9 Å². The van der Waals surface area contributed by atoms with Gasteiger partial charge in [-0.3, -0.25) is 9.48 Å². The highest BCUT2D eigenvalue weighted by atomic mass is 16.1. The predicted octanol–water partition coefficient (Wildman–Crippen LogP) is 3.10. The first-order valence-corrected chi connectivity index (χ1v) is 7.95. The second-order valence-electron chi connectivity index (χ2n) is 6.16. The van der Waals surface area contributed by atoms with Gasteiger partial charge in [-0.2, -0.15) is 5.10 Å². The van der Waals surface area contributed by atoms with Crippen molar-refractivity contribution >= 4 is 11.6 Å². The van der Waals surface area contributed by atoms with Gasteiger partial charge in [0.15, 0.2) is 0 Å². The number of carbonyl (C=O) groups is 1. The van der Waals surface area contributed by atoms with Crippen LogP contribution in [0.2, 0.25) is 0 Å². The lowest BCUT2D eigenvalue weighted by molar-refractivity contribution is -0.116. The molecule has 0 bridgehead atoms. The first-order chi connectivity index (χ1) is 10.5. The molecule has 1 amide bonds. The number of nitrogens with one attached hydrogen (secondary N) is 1. The molecule has 0 saturated carbocycles. The highest BCUT2D eigenvalue weighted by Crippen LogP contribution is 2.25. The van der Waals surface area contributed by atoms with Gasteiger partial charge in [0, 0.05) is 24.8 Å². The maximum Gasteiger partial charge on any atom is 0.224 e. The minimum absolute atomic E-state index is 0.0700. The lowest BCUT2D eigenvalue weighted by Gasteiger charge is -2.08. The third-order valence-electron chi connectivity index (χ3n) is 4.64. The van der Waals surface area contributed by atoms with Crippen LogP contribution in [0.3, 0.4) is 0 Å². The van der Waals surface area contributed by atoms with Gasteiger partial charge in [-0.25, -0.2) is 0 Å². The van der Waals surface area contributed by atoms with Gasteiger partial charge < -0.3 is 5.32 Å². The van der Waals surface area contributed by atoms with Crippen LogP contribution in [0.25, 0.3) is 0 Å². The van der Waals surface area contributed by atoms with Crippen LogP contribution in [0.1, 0.15) is 40.9 Å². The number of amides is 1. The highest BCUT2D eigenvalue weighted by Gasteiger charge is 2.13. The first-order valence-electron chi connectivity index (χ1n) is 7.95. The molecule has 0 spiro atoms. The SMILES string of the molecule is Cc1nn(C)c(C)c1CCC(=O)Nc1ccc2c(c1)CCC2. The zero-order chi connectivity index (χ0) is 15.7. The number of nitrogens with zero attached hydrogens (tertiary/aromatic N) is 2. The summed E-state index contributed by atoms with van der Waals surface area (Å²) < 4.78 is 1.88. The van der Waals surface area contributed by atoms with Gasteiger partial charge >= 0.3 is 0 Å². The van der Waals surface area contributed by atoms with Crippen LogP contribution in [0.4, 0.5) is 5.69 Å². The van der Waals surface area contributed by atoms with Crippen LogP contribution in [0.15, 0.2) is 18.2 Å². The second-order valence-corrected chi connectivity index (χ2v) is 6.16. The average molecular weight is 297 g/mol. The molecule has 22 heavy (non-hydrogen) atoms. The first kappa shape index (κ1) is 14.8. The minimum atomic E-state index is 0.0700. The van der Waals surface area contributed by atoms with Crippen LogP contribution < -0.4 is 5.32 Å². The Balaban J connectivity index is 1.61. The summed E-state index contributed by atoms with van der Waals surface area (Å²) in [5, 5.41) is 7.42. The molecular formula is C18H23N3O. The molecule has 3 rings (SSSR count). The number of carbonyl (C=O) groups excluding carboxylic acids is 1. The Kier molecular flexibility index (Phi) is 4.01. The molecule has 1 aliphatic carbocycles. The zero-order valence-corrected chi connectivity index (χ0v) is 13.6. The molecule has 0 radical (unpaired) electrons. The maximum atomic E-state index is 12.2. The van der Waals surface area contributed by atoms with Crippen molar-refractivity contribution in [3.63, 3.8) is 0 Å². The molecule has 1 aromatic heterocycles. The summed E-state index contributed by atoms with van der Waals surface area (Å²) in [4.78, 5) is 12.2. The Labute approximate surface area is 131 Å². The largest absolute Gasteiger partial charge is 0.326 e. The van der Waals surface area contributed by atoms with Crippen molar-refractivity contribution in [1.82, 2.24) is 9.78 Å². The Morgan fingerprint density at radius 2 is 2.05 bits per heavy atom. The third-order valence-corrected chi connectivity index (χ3v) is 4.64. The van der Waals surface area contributed by atoms with E-state index < -0.39 is 0 Å². The normalized spacial score (nSPS) is 13.2. The molecule has 4 heteroatoms. The molecule has 0 unspecified atom stereocenters. The third kappa shape index (κ3) is 2.91. The van der Waals surface area contributed by atoms with Gasteiger partial charge in [-0.1, -0.05) is 6.07 Å². The van der Waals surface area contributed by atoms with E-state index in [9.17, 15) is 4.79 Å². The van der Waals surface area contributed by atoms with E-state index in [-0.39, 0.29) is 5.91 Å². The van der Waals surface area contributed by atoms with Gasteiger partial charge in [-0.05, 0) is 68.4 Å². The van der Waals surface area contributed by atoms with Crippen molar-refractivity contribution in [3.05, 3.63) is 46.3 Å². The molecule has 2 aromatic rings. The lowest BCUT2D eigenvalue weighted by Crippen LogP contribution is -2.13. The summed E-state index contributed by atoms with van der Waals surface area (Å²) in [7, 11) is 1.94. The molecule has 0 saturated heterocycles. The van der Waals surface area contributed by atoms with E-state index in [1.807, 2.05) is 31.6 Å². The molecule has 4 nitrogen and oxygen atoms in total. The molecule has 0 fully saturated rings. The van der Waals surface area contributed by atoms with E-state index in [1.54, 1.807) is 0 Å². The predicted molar refractivity (Wildman–Crippen MR) is 88.1 cm³/mol. The maximum absolute atomic E-state index is 12.2. The van der Waals surface area contributed by atoms with Crippen LogP contribution in [0, 0.1) is 13.8 Å². The summed E-state index contributed by atoms with van der Waals surface area (Å²) in [6.07, 6.45) is 4.76. The quantitative estimate of drug-likeness (QED) is 0.942. The summed E-state index contributed by atoms with van der Waals surface area (Å²) in [6.45, 7) is 4.05. The van der Waals surface area contributed by atoms with Crippen molar-refractivity contribution in [2.45, 2.75) is 46.0 Å². The van der Waals surface area contributed by atoms with Gasteiger partial charge in [0.25, 0.3) is 0 Å². The van der Waals surface area contributed by atoms with Gasteiger partial charge in [0.2, 0.25) is 5.91 Å². The Bertz CT molecular complexity index is 715. The summed E-state index contributed by atoms with van der Waals surface area (Å²) in [5.74, 6) is 0.0700. The molecule has 1 aromatic carbocycles. The minimum Gasteiger partial charge on any atom is -0.326 e. The molecular weight excluding hydrogens is 274 g/mol. The average Bonchev–Trinajstić information content (AvgIpc) is 3.02. The number of fused-ring (bicyclic) bond motifs is 1. The van der Waals surface area contributed by atoms with Gasteiger partial charge in [0.05, 0.1) is 5.69 Å². The van der Waals surface area contributed by atoms with Crippen molar-refractivity contribution in [2.75, 3.05) is 5.32 Å². The molecule has 116 valence electrons. The van der Waals surface area contributed by atoms with Crippen LogP contribution in [0.5, 0.6) is 0 Å². The van der Waals surface area contributed by atoms with Gasteiger partial charge in [0.1, 0.15) is 0 Å². The number of benzene rings is 1. The number of hydrogen-bond acceptors (Lipinski definition) is 2. The molecule has 0 atom stereocenters. The van der Waals surface area contributed by atoms with E-state index >= 15 is 0 Å². The molecule has 1 aliphatic rings. The fourth-order valence-corrected chi connectivity index (χ4v) is 3.29. The second kappa shape index (κ2) is 5.95. The van der Waals surface area contributed by atoms with Gasteiger partial charge in [-0.15, -0.1) is 0 Å². The van der Waals surface area contributed by atoms with Crippen LogP contribution in [-0.4, -0.2) is 15.7 Å². The van der Waals surface area contributed by atoms with E-state index in [4.69, 9.17) is 0 Å². The summed E-state index contributed by atoms with van der Waals surface area (Å²) >= 11 is 0. The number of aromatic nitrogens is 2. The number of hydrogen-bond donors (Lipinski definition) is 1. The van der Waals surface area contributed by atoms with Crippen molar-refractivity contribution in [2.24, 2.45) is 7.05 Å². The summed E-state index contributed by atoms with van der Waals surface area (Å²) in [6, 6.07) is 6.29. The standard InChI is InChI=1S/C18H23N3O/c1-12-17(13(2)21(3)20-12)9-10-18(22)19-16-8-7-14-5-4-6-15(14)11-16/h7-8,11H,4-6,9-10H2,1-3H3,(H,19,22). The van der Waals surface area contributed by atoms with Crippen molar-refractivity contribution in [3.8, 4) is 0 Å². The Morgan fingerprint density at radius 3 is 2.77 bits per heavy atom. The van der Waals surface area contributed by atoms with Crippen LogP contribution in [-0.2, 0) is 31.1 Å². The van der Waals surface area contributed by atoms with Crippen molar-refractivity contribution < 1.29 is 4.79 Å². The van der Waals surface area contributed by atoms with Crippen molar-refractivity contribution in [1.29, 1.82) is 0 Å². The highest BCUT2D eigenvalue weighted by molar-refractivity contribution is 5.91. The fraction of sp³-hybridized carbons (Fsp3) is 0.444. The van der Waals surface area contributed by atoms with Crippen LogP contribution >= 0.6 is 0 Å². The molecule has 0 aliphatic heterocycles. The Morgan fingerprint density at radius 1 is 1.27 bits per heavy atom. The summed E-state index contributed by atoms with van der Waals surface area (Å²) in [5.41, 5.74) is 7.08. The number of anilines is 1. The van der Waals surface area contributed by atoms with E-state index in [0.717, 1.165) is 29.9 Å². The molecule has 1 N–H and O–H groups in total. The number of aryl methyl sites for hydroxylation is 4. The Hall–Kier alpha value is -2.10. The van der Waals surface area contributed by atoms with E-state index in [2.05, 4.69) is 22.5 Å². The smallest absolute Gasteiger partial charge is 0.224 e. The monoisotopic (exact) mass is 297 g/mol. The van der Waals surface area contributed by atoms with E-state index in [1.165, 1.54) is 29.5 Å². The van der Waals surface area contributed by atoms with E-state index in [0.29, 0.717) is 6.42 Å². The molecule has 1 heterocycles. The lowest BCUT2D eigenvalue weighted by atomic mass is 10.1. The fourth-order valence-electron chi connectivity index (χ4n) is 3.29. The zero-order valence-electron chi connectivity index (χ0n) is 13.6. The number of rotatable bonds is 4.